The Hall–Kier alpha value is -1.61. The molecule has 1 aromatic heterocycles. The van der Waals surface area contributed by atoms with Crippen molar-refractivity contribution in [2.45, 2.75) is 69.8 Å². The first kappa shape index (κ1) is 16.8. The van der Waals surface area contributed by atoms with Crippen LogP contribution < -0.4 is 5.63 Å². The molecule has 0 saturated heterocycles. The second kappa shape index (κ2) is 6.95. The van der Waals surface area contributed by atoms with Crippen molar-refractivity contribution in [3.05, 3.63) is 57.7 Å². The number of aliphatic hydroxyl groups excluding tert-OH is 1. The van der Waals surface area contributed by atoms with Gasteiger partial charge < -0.3 is 9.52 Å². The highest BCUT2D eigenvalue weighted by Gasteiger charge is 2.57. The van der Waals surface area contributed by atoms with E-state index in [0.29, 0.717) is 17.8 Å². The Morgan fingerprint density at radius 1 is 1.24 bits per heavy atom. The topological polar surface area (TPSA) is 50.4 Å². The molecule has 0 bridgehead atoms. The van der Waals surface area contributed by atoms with Crippen molar-refractivity contribution in [2.24, 2.45) is 11.8 Å². The van der Waals surface area contributed by atoms with Gasteiger partial charge in [0.15, 0.2) is 0 Å². The van der Waals surface area contributed by atoms with E-state index in [4.69, 9.17) is 4.42 Å². The summed E-state index contributed by atoms with van der Waals surface area (Å²) in [6.45, 7) is 2.22. The highest BCUT2D eigenvalue weighted by Crippen LogP contribution is 2.66. The Morgan fingerprint density at radius 3 is 2.84 bits per heavy atom. The molecule has 3 heteroatoms. The van der Waals surface area contributed by atoms with Crippen molar-refractivity contribution in [3.63, 3.8) is 0 Å². The second-order valence-corrected chi connectivity index (χ2v) is 7.87. The molecule has 1 heterocycles. The first-order valence-corrected chi connectivity index (χ1v) is 9.89. The van der Waals surface area contributed by atoms with Crippen LogP contribution in [0, 0.1) is 11.8 Å². The molecule has 3 aliphatic carbocycles. The molecule has 0 aromatic carbocycles. The van der Waals surface area contributed by atoms with Crippen molar-refractivity contribution >= 4 is 0 Å². The molecular weight excluding hydrogens is 312 g/mol. The molecule has 0 radical (unpaired) electrons. The fourth-order valence-electron chi connectivity index (χ4n) is 4.76. The predicted molar refractivity (Wildman–Crippen MR) is 98.8 cm³/mol. The maximum Gasteiger partial charge on any atom is 0.339 e. The van der Waals surface area contributed by atoms with Crippen LogP contribution in [0.4, 0.5) is 0 Å². The Labute approximate surface area is 149 Å². The molecule has 3 aliphatic rings. The number of fused-ring (bicyclic) bond motifs is 1. The summed E-state index contributed by atoms with van der Waals surface area (Å²) in [5, 5.41) is 10.4. The number of rotatable bonds is 8. The molecular formula is C22H28O3. The largest absolute Gasteiger partial charge is 0.431 e. The normalized spacial score (nSPS) is 30.2. The predicted octanol–water partition coefficient (Wildman–Crippen LogP) is 4.65. The van der Waals surface area contributed by atoms with Crippen molar-refractivity contribution in [2.75, 3.05) is 0 Å². The van der Waals surface area contributed by atoms with E-state index in [-0.39, 0.29) is 17.6 Å². The first-order valence-electron chi connectivity index (χ1n) is 9.89. The highest BCUT2D eigenvalue weighted by atomic mass is 16.4. The zero-order valence-corrected chi connectivity index (χ0v) is 15.0. The lowest BCUT2D eigenvalue weighted by molar-refractivity contribution is 0.120. The van der Waals surface area contributed by atoms with Gasteiger partial charge in [0.05, 0.1) is 12.4 Å². The first-order chi connectivity index (χ1) is 12.2. The monoisotopic (exact) mass is 340 g/mol. The molecule has 0 amide bonds. The van der Waals surface area contributed by atoms with Gasteiger partial charge in [0.2, 0.25) is 0 Å². The number of allylic oxidation sites excluding steroid dienone is 2. The van der Waals surface area contributed by atoms with Crippen LogP contribution in [0.25, 0.3) is 0 Å². The zero-order chi connectivity index (χ0) is 17.4. The Morgan fingerprint density at radius 2 is 2.12 bits per heavy atom. The van der Waals surface area contributed by atoms with Gasteiger partial charge in [0.1, 0.15) is 0 Å². The minimum Gasteiger partial charge on any atom is -0.431 e. The molecule has 1 aromatic rings. The summed E-state index contributed by atoms with van der Waals surface area (Å²) in [5.41, 5.74) is 3.32. The van der Waals surface area contributed by atoms with E-state index in [1.165, 1.54) is 30.4 Å². The molecule has 134 valence electrons. The molecule has 3 nitrogen and oxygen atoms in total. The van der Waals surface area contributed by atoms with Crippen molar-refractivity contribution < 1.29 is 9.52 Å². The van der Waals surface area contributed by atoms with Crippen LogP contribution in [-0.2, 0) is 0 Å². The summed E-state index contributed by atoms with van der Waals surface area (Å²) in [7, 11) is 0. The minimum absolute atomic E-state index is 0.134. The van der Waals surface area contributed by atoms with E-state index in [1.807, 2.05) is 0 Å². The summed E-state index contributed by atoms with van der Waals surface area (Å²) in [6, 6.07) is 0. The molecule has 0 fully saturated rings. The van der Waals surface area contributed by atoms with Crippen LogP contribution in [0.3, 0.4) is 0 Å². The van der Waals surface area contributed by atoms with E-state index in [9.17, 15) is 9.90 Å². The van der Waals surface area contributed by atoms with Gasteiger partial charge in [-0.25, -0.2) is 4.79 Å². The van der Waals surface area contributed by atoms with Gasteiger partial charge in [0, 0.05) is 23.3 Å². The average molecular weight is 340 g/mol. The lowest BCUT2D eigenvalue weighted by atomic mass is 9.70. The molecule has 0 spiro atoms. The molecule has 0 saturated carbocycles. The number of aliphatic hydroxyl groups is 1. The van der Waals surface area contributed by atoms with Crippen LogP contribution in [-0.4, -0.2) is 11.2 Å². The Kier molecular flexibility index (Phi) is 4.68. The van der Waals surface area contributed by atoms with E-state index >= 15 is 0 Å². The number of hydrogen-bond acceptors (Lipinski definition) is 3. The number of hydrogen-bond donors (Lipinski definition) is 1. The van der Waals surface area contributed by atoms with E-state index in [1.54, 1.807) is 6.26 Å². The SMILES string of the molecule is CCCCC/C=C\CC(O)C1C=CC(C2c3coc(=O)c4c3C42)CC1. The second-order valence-electron chi connectivity index (χ2n) is 7.87. The molecule has 0 aliphatic heterocycles. The summed E-state index contributed by atoms with van der Waals surface area (Å²) >= 11 is 0. The zero-order valence-electron chi connectivity index (χ0n) is 15.0. The van der Waals surface area contributed by atoms with Crippen molar-refractivity contribution in [3.8, 4) is 0 Å². The Bertz CT molecular complexity index is 742. The van der Waals surface area contributed by atoms with Crippen LogP contribution in [0.5, 0.6) is 0 Å². The van der Waals surface area contributed by atoms with Crippen molar-refractivity contribution in [1.29, 1.82) is 0 Å². The smallest absolute Gasteiger partial charge is 0.339 e. The maximum absolute atomic E-state index is 11.6. The van der Waals surface area contributed by atoms with Gasteiger partial charge in [0.25, 0.3) is 0 Å². The standard InChI is InChI=1S/C22H28O3/c1-2-3-4-5-6-7-8-17(23)14-9-11-15(12-10-14)18-16-13-25-22(24)21-19(16)20(18)21/h6-7,9,11,13-15,17-18,20,23H,2-5,8,10,12H2,1H3/b7-6-. The van der Waals surface area contributed by atoms with E-state index in [2.05, 4.69) is 31.2 Å². The van der Waals surface area contributed by atoms with Gasteiger partial charge in [-0.15, -0.1) is 0 Å². The van der Waals surface area contributed by atoms with Crippen molar-refractivity contribution in [1.82, 2.24) is 0 Å². The lowest BCUT2D eigenvalue weighted by Gasteiger charge is -2.34. The van der Waals surface area contributed by atoms with Crippen LogP contribution in [0.1, 0.15) is 80.4 Å². The maximum atomic E-state index is 11.6. The summed E-state index contributed by atoms with van der Waals surface area (Å²) in [4.78, 5) is 11.6. The van der Waals surface area contributed by atoms with Crippen LogP contribution >= 0.6 is 0 Å². The fraction of sp³-hybridized carbons (Fsp3) is 0.591. The lowest BCUT2D eigenvalue weighted by Crippen LogP contribution is -2.26. The molecule has 25 heavy (non-hydrogen) atoms. The quantitative estimate of drug-likeness (QED) is 0.553. The fourth-order valence-corrected chi connectivity index (χ4v) is 4.76. The van der Waals surface area contributed by atoms with Gasteiger partial charge >= 0.3 is 5.63 Å². The van der Waals surface area contributed by atoms with Gasteiger partial charge in [-0.05, 0) is 49.1 Å². The Balaban J connectivity index is 1.27. The van der Waals surface area contributed by atoms with Gasteiger partial charge in [-0.2, -0.15) is 0 Å². The van der Waals surface area contributed by atoms with Gasteiger partial charge in [-0.1, -0.05) is 44.1 Å². The summed E-state index contributed by atoms with van der Waals surface area (Å²) < 4.78 is 5.11. The van der Waals surface area contributed by atoms with Gasteiger partial charge in [-0.3, -0.25) is 0 Å². The minimum atomic E-state index is -0.276. The third-order valence-electron chi connectivity index (χ3n) is 6.28. The molecule has 5 unspecified atom stereocenters. The summed E-state index contributed by atoms with van der Waals surface area (Å²) in [5.74, 6) is 1.57. The van der Waals surface area contributed by atoms with Crippen LogP contribution in [0.2, 0.25) is 0 Å². The third kappa shape index (κ3) is 3.03. The molecule has 4 rings (SSSR count). The van der Waals surface area contributed by atoms with Crippen LogP contribution in [0.15, 0.2) is 39.8 Å². The summed E-state index contributed by atoms with van der Waals surface area (Å²) in [6.07, 6.45) is 18.0. The van der Waals surface area contributed by atoms with E-state index in [0.717, 1.165) is 31.2 Å². The third-order valence-corrected chi connectivity index (χ3v) is 6.28. The number of unbranched alkanes of at least 4 members (excludes halogenated alkanes) is 3. The average Bonchev–Trinajstić information content (AvgIpc) is 3.31. The molecule has 5 atom stereocenters. The highest BCUT2D eigenvalue weighted by molar-refractivity contribution is 5.67. The van der Waals surface area contributed by atoms with E-state index < -0.39 is 0 Å². The molecule has 1 N–H and O–H groups in total.